The molecule has 1 unspecified atom stereocenters. The molecule has 0 fully saturated rings. The maximum absolute atomic E-state index is 14.3. The fraction of sp³-hybridized carbons (Fsp3) is 1.00. The molecular formula is C12H28FN3. The van der Waals surface area contributed by atoms with Crippen molar-refractivity contribution in [2.75, 3.05) is 33.7 Å². The van der Waals surface area contributed by atoms with Gasteiger partial charge in [0.05, 0.1) is 0 Å². The molecule has 0 aliphatic heterocycles. The molecule has 3 nitrogen and oxygen atoms in total. The van der Waals surface area contributed by atoms with Crippen LogP contribution >= 0.6 is 0 Å². The molecule has 0 N–H and O–H groups in total. The van der Waals surface area contributed by atoms with Gasteiger partial charge in [-0.25, -0.2) is 0 Å². The molecule has 0 amide bonds. The maximum Gasteiger partial charge on any atom is 0.113 e. The van der Waals surface area contributed by atoms with Gasteiger partial charge in [0.2, 0.25) is 0 Å². The van der Waals surface area contributed by atoms with Crippen LogP contribution < -0.4 is 0 Å². The number of likely N-dealkylation sites (N-methyl/N-ethyl adjacent to an activating group) is 2. The first-order chi connectivity index (χ1) is 7.29. The molecule has 1 atom stereocenters. The lowest BCUT2D eigenvalue weighted by molar-refractivity contribution is -0.180. The third-order valence-corrected chi connectivity index (χ3v) is 2.97. The van der Waals surface area contributed by atoms with Crippen LogP contribution in [0.25, 0.3) is 0 Å². The Morgan fingerprint density at radius 3 is 1.81 bits per heavy atom. The molecule has 0 bridgehead atoms. The summed E-state index contributed by atoms with van der Waals surface area (Å²) in [6, 6.07) is -0.106. The first-order valence-electron chi connectivity index (χ1n) is 6.14. The van der Waals surface area contributed by atoms with Crippen LogP contribution in [0.2, 0.25) is 0 Å². The van der Waals surface area contributed by atoms with E-state index in [-0.39, 0.29) is 6.04 Å². The van der Waals surface area contributed by atoms with Crippen molar-refractivity contribution < 1.29 is 4.48 Å². The summed E-state index contributed by atoms with van der Waals surface area (Å²) in [5.74, 6) is 0. The van der Waals surface area contributed by atoms with Crippen LogP contribution in [0.15, 0.2) is 0 Å². The van der Waals surface area contributed by atoms with Gasteiger partial charge in [-0.3, -0.25) is 4.90 Å². The van der Waals surface area contributed by atoms with Gasteiger partial charge in [0.1, 0.15) is 5.66 Å². The minimum Gasteiger partial charge on any atom is -0.306 e. The second-order valence-corrected chi connectivity index (χ2v) is 5.03. The average molecular weight is 233 g/mol. The van der Waals surface area contributed by atoms with E-state index >= 15 is 0 Å². The van der Waals surface area contributed by atoms with Crippen LogP contribution in [-0.2, 0) is 0 Å². The molecule has 0 saturated carbocycles. The molecule has 0 aliphatic carbocycles. The first kappa shape index (κ1) is 15.8. The summed E-state index contributed by atoms with van der Waals surface area (Å²) in [5, 5.41) is 0.972. The SMILES string of the molecule is CCN(CC)C(C)(CN(C)C)N(F)C(C)C. The zero-order valence-corrected chi connectivity index (χ0v) is 11.9. The minimum atomic E-state index is -0.554. The van der Waals surface area contributed by atoms with E-state index in [1.54, 1.807) is 0 Å². The summed E-state index contributed by atoms with van der Waals surface area (Å²) in [4.78, 5) is 4.19. The van der Waals surface area contributed by atoms with Gasteiger partial charge < -0.3 is 4.90 Å². The van der Waals surface area contributed by atoms with Crippen LogP contribution in [-0.4, -0.2) is 60.4 Å². The summed E-state index contributed by atoms with van der Waals surface area (Å²) in [6.45, 7) is 12.3. The molecule has 4 heteroatoms. The molecule has 0 heterocycles. The van der Waals surface area contributed by atoms with Crippen molar-refractivity contribution in [1.82, 2.24) is 14.9 Å². The Bertz CT molecular complexity index is 189. The lowest BCUT2D eigenvalue weighted by atomic mass is 10.1. The van der Waals surface area contributed by atoms with Crippen molar-refractivity contribution in [1.29, 1.82) is 0 Å². The van der Waals surface area contributed by atoms with Gasteiger partial charge >= 0.3 is 0 Å². The van der Waals surface area contributed by atoms with Gasteiger partial charge in [-0.15, -0.1) is 9.60 Å². The standard InChI is InChI=1S/C12H28FN3/c1-8-15(9-2)12(5,10-14(6)7)16(13)11(3)4/h11H,8-10H2,1-7H3. The van der Waals surface area contributed by atoms with Gasteiger partial charge in [0.25, 0.3) is 0 Å². The Morgan fingerprint density at radius 1 is 1.12 bits per heavy atom. The van der Waals surface area contributed by atoms with Crippen LogP contribution in [0, 0.1) is 0 Å². The van der Waals surface area contributed by atoms with Gasteiger partial charge in [0, 0.05) is 12.6 Å². The summed E-state index contributed by atoms with van der Waals surface area (Å²) in [6.07, 6.45) is 0. The highest BCUT2D eigenvalue weighted by Gasteiger charge is 2.39. The van der Waals surface area contributed by atoms with E-state index in [2.05, 4.69) is 18.7 Å². The van der Waals surface area contributed by atoms with E-state index in [0.717, 1.165) is 18.2 Å². The van der Waals surface area contributed by atoms with Crippen molar-refractivity contribution in [2.45, 2.75) is 46.3 Å². The lowest BCUT2D eigenvalue weighted by Gasteiger charge is -2.46. The van der Waals surface area contributed by atoms with E-state index in [1.165, 1.54) is 0 Å². The van der Waals surface area contributed by atoms with E-state index in [4.69, 9.17) is 0 Å². The fourth-order valence-electron chi connectivity index (χ4n) is 2.36. The van der Waals surface area contributed by atoms with Gasteiger partial charge in [0.15, 0.2) is 0 Å². The molecule has 0 aromatic carbocycles. The average Bonchev–Trinajstić information content (AvgIpc) is 2.16. The summed E-state index contributed by atoms with van der Waals surface area (Å²) in [5.41, 5.74) is -0.554. The summed E-state index contributed by atoms with van der Waals surface area (Å²) >= 11 is 0. The van der Waals surface area contributed by atoms with Crippen LogP contribution in [0.4, 0.5) is 4.48 Å². The van der Waals surface area contributed by atoms with Crippen molar-refractivity contribution in [3.05, 3.63) is 0 Å². The van der Waals surface area contributed by atoms with E-state index in [9.17, 15) is 4.48 Å². The number of hydrogen-bond acceptors (Lipinski definition) is 3. The second-order valence-electron chi connectivity index (χ2n) is 5.03. The molecule has 0 radical (unpaired) electrons. The maximum atomic E-state index is 14.3. The van der Waals surface area contributed by atoms with Crippen molar-refractivity contribution in [3.63, 3.8) is 0 Å². The van der Waals surface area contributed by atoms with E-state index in [0.29, 0.717) is 6.54 Å². The number of nitrogens with zero attached hydrogens (tertiary/aromatic N) is 3. The number of hydrogen-bond donors (Lipinski definition) is 0. The Balaban J connectivity index is 4.99. The largest absolute Gasteiger partial charge is 0.306 e. The van der Waals surface area contributed by atoms with Crippen LogP contribution in [0.5, 0.6) is 0 Å². The van der Waals surface area contributed by atoms with Crippen LogP contribution in [0.3, 0.4) is 0 Å². The fourth-order valence-corrected chi connectivity index (χ4v) is 2.36. The van der Waals surface area contributed by atoms with Crippen LogP contribution in [0.1, 0.15) is 34.6 Å². The Labute approximate surface area is 100 Å². The zero-order chi connectivity index (χ0) is 12.9. The smallest absolute Gasteiger partial charge is 0.113 e. The van der Waals surface area contributed by atoms with Crippen molar-refractivity contribution in [2.24, 2.45) is 0 Å². The molecule has 98 valence electrons. The molecule has 0 saturated heterocycles. The quantitative estimate of drug-likeness (QED) is 0.493. The molecular weight excluding hydrogens is 205 g/mol. The predicted octanol–water partition coefficient (Wildman–Crippen LogP) is 2.20. The van der Waals surface area contributed by atoms with Crippen molar-refractivity contribution in [3.8, 4) is 0 Å². The normalized spacial score (nSPS) is 16.5. The topological polar surface area (TPSA) is 9.72 Å². The molecule has 16 heavy (non-hydrogen) atoms. The Hall–Kier alpha value is -0.190. The third-order valence-electron chi connectivity index (χ3n) is 2.97. The minimum absolute atomic E-state index is 0.106. The van der Waals surface area contributed by atoms with Gasteiger partial charge in [-0.05, 0) is 48.0 Å². The predicted molar refractivity (Wildman–Crippen MR) is 68.0 cm³/mol. The molecule has 0 rings (SSSR count). The van der Waals surface area contributed by atoms with Gasteiger partial charge in [-0.2, -0.15) is 0 Å². The lowest BCUT2D eigenvalue weighted by Crippen LogP contribution is -2.62. The van der Waals surface area contributed by atoms with E-state index in [1.807, 2.05) is 39.8 Å². The highest BCUT2D eigenvalue weighted by molar-refractivity contribution is 4.85. The molecule has 0 aromatic rings. The summed E-state index contributed by atoms with van der Waals surface area (Å²) < 4.78 is 14.3. The van der Waals surface area contributed by atoms with Crippen molar-refractivity contribution >= 4 is 0 Å². The Morgan fingerprint density at radius 2 is 1.56 bits per heavy atom. The molecule has 0 spiro atoms. The number of halogens is 1. The second kappa shape index (κ2) is 6.52. The monoisotopic (exact) mass is 233 g/mol. The molecule has 0 aromatic heterocycles. The highest BCUT2D eigenvalue weighted by atomic mass is 19.2. The number of rotatable bonds is 7. The third kappa shape index (κ3) is 3.68. The summed E-state index contributed by atoms with van der Waals surface area (Å²) in [7, 11) is 3.96. The highest BCUT2D eigenvalue weighted by Crippen LogP contribution is 2.24. The Kier molecular flexibility index (Phi) is 6.44. The zero-order valence-electron chi connectivity index (χ0n) is 11.9. The first-order valence-corrected chi connectivity index (χ1v) is 6.14. The van der Waals surface area contributed by atoms with Gasteiger partial charge in [-0.1, -0.05) is 13.8 Å². The molecule has 0 aliphatic rings. The van der Waals surface area contributed by atoms with E-state index < -0.39 is 5.66 Å².